The van der Waals surface area contributed by atoms with Crippen molar-refractivity contribution in [3.05, 3.63) is 27.6 Å². The number of hydrogen-bond acceptors (Lipinski definition) is 2. The molecule has 1 heterocycles. The van der Waals surface area contributed by atoms with Gasteiger partial charge in [-0.05, 0) is 34.7 Å². The summed E-state index contributed by atoms with van der Waals surface area (Å²) in [7, 11) is 0. The Labute approximate surface area is 83.7 Å². The molecule has 1 aromatic heterocycles. The van der Waals surface area contributed by atoms with Crippen molar-refractivity contribution in [2.45, 2.75) is 6.10 Å². The first-order valence-electron chi connectivity index (χ1n) is 3.09. The summed E-state index contributed by atoms with van der Waals surface area (Å²) in [4.78, 5) is 4.01. The molecule has 0 aliphatic rings. The molecule has 11 heavy (non-hydrogen) atoms. The van der Waals surface area contributed by atoms with Crippen molar-refractivity contribution in [1.29, 1.82) is 0 Å². The highest BCUT2D eigenvalue weighted by atomic mass is 127. The SMILES string of the molecule is O[C@@H](CCl)c1ccc(I)cn1. The van der Waals surface area contributed by atoms with Gasteiger partial charge in [-0.15, -0.1) is 11.6 Å². The van der Waals surface area contributed by atoms with Gasteiger partial charge in [-0.1, -0.05) is 0 Å². The second kappa shape index (κ2) is 4.23. The predicted octanol–water partition coefficient (Wildman–Crippen LogP) is 1.96. The Kier molecular flexibility index (Phi) is 3.54. The highest BCUT2D eigenvalue weighted by molar-refractivity contribution is 14.1. The van der Waals surface area contributed by atoms with Crippen molar-refractivity contribution in [1.82, 2.24) is 4.98 Å². The lowest BCUT2D eigenvalue weighted by Gasteiger charge is -2.04. The number of aliphatic hydroxyl groups is 1. The van der Waals surface area contributed by atoms with Crippen molar-refractivity contribution in [2.24, 2.45) is 0 Å². The third-order valence-corrected chi connectivity index (χ3v) is 2.17. The van der Waals surface area contributed by atoms with E-state index in [0.29, 0.717) is 5.69 Å². The molecule has 0 amide bonds. The predicted molar refractivity (Wildman–Crippen MR) is 52.6 cm³/mol. The summed E-state index contributed by atoms with van der Waals surface area (Å²) in [6, 6.07) is 3.66. The molecule has 0 fully saturated rings. The van der Waals surface area contributed by atoms with E-state index in [9.17, 15) is 5.11 Å². The van der Waals surface area contributed by atoms with E-state index >= 15 is 0 Å². The summed E-state index contributed by atoms with van der Waals surface area (Å²) in [5.74, 6) is 0.188. The molecule has 1 atom stereocenters. The normalized spacial score (nSPS) is 13.0. The van der Waals surface area contributed by atoms with E-state index in [1.54, 1.807) is 12.3 Å². The molecule has 0 unspecified atom stereocenters. The summed E-state index contributed by atoms with van der Waals surface area (Å²) >= 11 is 7.59. The van der Waals surface area contributed by atoms with Crippen LogP contribution < -0.4 is 0 Å². The van der Waals surface area contributed by atoms with Crippen molar-refractivity contribution in [2.75, 3.05) is 5.88 Å². The summed E-state index contributed by atoms with van der Waals surface area (Å²) in [6.45, 7) is 0. The maximum atomic E-state index is 9.22. The van der Waals surface area contributed by atoms with Gasteiger partial charge in [-0.25, -0.2) is 0 Å². The monoisotopic (exact) mass is 283 g/mol. The fourth-order valence-corrected chi connectivity index (χ4v) is 1.14. The molecular weight excluding hydrogens is 276 g/mol. The van der Waals surface area contributed by atoms with Crippen LogP contribution in [0.25, 0.3) is 0 Å². The van der Waals surface area contributed by atoms with E-state index < -0.39 is 6.10 Å². The van der Waals surface area contributed by atoms with Gasteiger partial charge in [0, 0.05) is 9.77 Å². The van der Waals surface area contributed by atoms with Crippen LogP contribution in [0.4, 0.5) is 0 Å². The molecule has 0 spiro atoms. The minimum Gasteiger partial charge on any atom is -0.386 e. The summed E-state index contributed by atoms with van der Waals surface area (Å²) < 4.78 is 1.05. The zero-order chi connectivity index (χ0) is 8.27. The average molecular weight is 283 g/mol. The van der Waals surface area contributed by atoms with Gasteiger partial charge >= 0.3 is 0 Å². The van der Waals surface area contributed by atoms with Crippen LogP contribution in [-0.2, 0) is 0 Å². The zero-order valence-electron chi connectivity index (χ0n) is 5.67. The third-order valence-electron chi connectivity index (χ3n) is 1.24. The van der Waals surface area contributed by atoms with E-state index in [4.69, 9.17) is 11.6 Å². The van der Waals surface area contributed by atoms with Crippen LogP contribution in [0.15, 0.2) is 18.3 Å². The van der Waals surface area contributed by atoms with Crippen LogP contribution in [0.5, 0.6) is 0 Å². The van der Waals surface area contributed by atoms with Gasteiger partial charge in [0.25, 0.3) is 0 Å². The second-order valence-electron chi connectivity index (χ2n) is 2.07. The minimum absolute atomic E-state index is 0.188. The van der Waals surface area contributed by atoms with Crippen LogP contribution in [0.1, 0.15) is 11.8 Å². The molecule has 0 radical (unpaired) electrons. The maximum Gasteiger partial charge on any atom is 0.109 e. The molecule has 0 aliphatic heterocycles. The molecule has 2 nitrogen and oxygen atoms in total. The molecule has 0 bridgehead atoms. The molecule has 1 aromatic rings. The van der Waals surface area contributed by atoms with Gasteiger partial charge in [-0.3, -0.25) is 4.98 Å². The van der Waals surface area contributed by atoms with Crippen molar-refractivity contribution >= 4 is 34.2 Å². The Bertz CT molecular complexity index is 226. The zero-order valence-corrected chi connectivity index (χ0v) is 8.58. The van der Waals surface area contributed by atoms with Gasteiger partial charge in [0.15, 0.2) is 0 Å². The Balaban J connectivity index is 2.81. The van der Waals surface area contributed by atoms with Gasteiger partial charge < -0.3 is 5.11 Å². The molecule has 0 aliphatic carbocycles. The van der Waals surface area contributed by atoms with E-state index in [-0.39, 0.29) is 5.88 Å². The number of nitrogens with zero attached hydrogens (tertiary/aromatic N) is 1. The quantitative estimate of drug-likeness (QED) is 0.665. The third kappa shape index (κ3) is 2.57. The topological polar surface area (TPSA) is 33.1 Å². The smallest absolute Gasteiger partial charge is 0.109 e. The van der Waals surface area contributed by atoms with Crippen LogP contribution in [0.3, 0.4) is 0 Å². The molecule has 1 N–H and O–H groups in total. The van der Waals surface area contributed by atoms with Crippen LogP contribution >= 0.6 is 34.2 Å². The van der Waals surface area contributed by atoms with E-state index in [2.05, 4.69) is 27.6 Å². The standard InChI is InChI=1S/C7H7ClINO/c8-3-7(11)6-2-1-5(9)4-10-6/h1-2,4,7,11H,3H2/t7-/m0/s1. The van der Waals surface area contributed by atoms with E-state index in [0.717, 1.165) is 3.57 Å². The molecule has 1 rings (SSSR count). The van der Waals surface area contributed by atoms with Gasteiger partial charge in [0.2, 0.25) is 0 Å². The molecule has 60 valence electrons. The molecule has 0 aromatic carbocycles. The maximum absolute atomic E-state index is 9.22. The Morgan fingerprint density at radius 3 is 2.82 bits per heavy atom. The average Bonchev–Trinajstić information content (AvgIpc) is 2.05. The van der Waals surface area contributed by atoms with Crippen LogP contribution in [-0.4, -0.2) is 16.0 Å². The first-order valence-corrected chi connectivity index (χ1v) is 4.71. The largest absolute Gasteiger partial charge is 0.386 e. The molecule has 0 saturated carbocycles. The first kappa shape index (κ1) is 9.22. The first-order chi connectivity index (χ1) is 5.24. The van der Waals surface area contributed by atoms with Gasteiger partial charge in [0.1, 0.15) is 6.10 Å². The molecule has 4 heteroatoms. The van der Waals surface area contributed by atoms with Gasteiger partial charge in [0.05, 0.1) is 11.6 Å². The second-order valence-corrected chi connectivity index (χ2v) is 3.63. The van der Waals surface area contributed by atoms with Crippen molar-refractivity contribution < 1.29 is 5.11 Å². The highest BCUT2D eigenvalue weighted by Crippen LogP contribution is 2.12. The number of rotatable bonds is 2. The number of pyridine rings is 1. The Morgan fingerprint density at radius 1 is 1.64 bits per heavy atom. The minimum atomic E-state index is -0.645. The molecular formula is C7H7ClINO. The van der Waals surface area contributed by atoms with Crippen LogP contribution in [0.2, 0.25) is 0 Å². The number of aliphatic hydroxyl groups excluding tert-OH is 1. The Morgan fingerprint density at radius 2 is 2.36 bits per heavy atom. The number of hydrogen-bond donors (Lipinski definition) is 1. The number of aromatic nitrogens is 1. The summed E-state index contributed by atoms with van der Waals surface area (Å²) in [6.07, 6.45) is 1.06. The summed E-state index contributed by atoms with van der Waals surface area (Å²) in [5.41, 5.74) is 0.625. The number of halogens is 2. The fraction of sp³-hybridized carbons (Fsp3) is 0.286. The van der Waals surface area contributed by atoms with Crippen molar-refractivity contribution in [3.8, 4) is 0 Å². The van der Waals surface area contributed by atoms with Crippen LogP contribution in [0, 0.1) is 3.57 Å². The summed E-state index contributed by atoms with van der Waals surface area (Å²) in [5, 5.41) is 9.22. The number of alkyl halides is 1. The van der Waals surface area contributed by atoms with Gasteiger partial charge in [-0.2, -0.15) is 0 Å². The lowest BCUT2D eigenvalue weighted by atomic mass is 10.2. The fourth-order valence-electron chi connectivity index (χ4n) is 0.663. The molecule has 0 saturated heterocycles. The van der Waals surface area contributed by atoms with E-state index in [1.807, 2.05) is 6.07 Å². The van der Waals surface area contributed by atoms with E-state index in [1.165, 1.54) is 0 Å². The van der Waals surface area contributed by atoms with Crippen molar-refractivity contribution in [3.63, 3.8) is 0 Å². The highest BCUT2D eigenvalue weighted by Gasteiger charge is 2.05. The lowest BCUT2D eigenvalue weighted by molar-refractivity contribution is 0.197. The Hall–Kier alpha value is 0.130. The lowest BCUT2D eigenvalue weighted by Crippen LogP contribution is -2.00.